The molecule has 0 unspecified atom stereocenters. The lowest BCUT2D eigenvalue weighted by atomic mass is 10.0. The van der Waals surface area contributed by atoms with Crippen LogP contribution in [0.4, 0.5) is 29.2 Å². The van der Waals surface area contributed by atoms with E-state index in [9.17, 15) is 35.9 Å². The number of aromatic amines is 1. The van der Waals surface area contributed by atoms with E-state index >= 15 is 0 Å². The maximum atomic E-state index is 14.3. The van der Waals surface area contributed by atoms with Crippen molar-refractivity contribution in [1.29, 1.82) is 0 Å². The van der Waals surface area contributed by atoms with Crippen molar-refractivity contribution in [3.05, 3.63) is 47.3 Å². The van der Waals surface area contributed by atoms with Gasteiger partial charge in [-0.25, -0.2) is 27.8 Å². The summed E-state index contributed by atoms with van der Waals surface area (Å²) in [5, 5.41) is 21.4. The standard InChI is InChI=1S/C22H21F4N9O4S/c1-3-40(38,39)35-18-13(28-4-5-29-18)9-30-19-15-16(21(37)27-2)33-34-20(15)32-17(31-19)11-7-12(23)14(36)6-10(11)8-22(24,25)26/h4-7,36H,3,8-9H2,1-2H3,(H,27,37)(H,29,35)(H2,30,31,32,33,34). The van der Waals surface area contributed by atoms with Gasteiger partial charge >= 0.3 is 6.18 Å². The molecule has 0 saturated carbocycles. The van der Waals surface area contributed by atoms with E-state index in [4.69, 9.17) is 0 Å². The highest BCUT2D eigenvalue weighted by Crippen LogP contribution is 2.34. The number of aromatic hydroxyl groups is 1. The molecule has 18 heteroatoms. The second-order valence-electron chi connectivity index (χ2n) is 8.24. The fourth-order valence-corrected chi connectivity index (χ4v) is 4.22. The molecule has 0 fully saturated rings. The number of benzene rings is 1. The molecule has 0 bridgehead atoms. The van der Waals surface area contributed by atoms with Crippen LogP contribution in [0.3, 0.4) is 0 Å². The van der Waals surface area contributed by atoms with Gasteiger partial charge in [0.15, 0.2) is 28.9 Å². The zero-order chi connectivity index (χ0) is 29.2. The number of halogens is 4. The van der Waals surface area contributed by atoms with Crippen LogP contribution in [0.1, 0.15) is 28.7 Å². The minimum atomic E-state index is -4.71. The number of anilines is 2. The molecule has 13 nitrogen and oxygen atoms in total. The number of carbonyl (C=O) groups is 1. The van der Waals surface area contributed by atoms with Gasteiger partial charge in [-0.05, 0) is 24.6 Å². The van der Waals surface area contributed by atoms with Crippen molar-refractivity contribution in [2.24, 2.45) is 0 Å². The summed E-state index contributed by atoms with van der Waals surface area (Å²) in [5.74, 6) is -3.66. The number of fused-ring (bicyclic) bond motifs is 1. The van der Waals surface area contributed by atoms with Crippen molar-refractivity contribution < 1.29 is 35.9 Å². The molecule has 4 rings (SSSR count). The van der Waals surface area contributed by atoms with Gasteiger partial charge in [0.05, 0.1) is 24.1 Å². The Balaban J connectivity index is 1.85. The van der Waals surface area contributed by atoms with E-state index < -0.39 is 51.5 Å². The zero-order valence-electron chi connectivity index (χ0n) is 20.8. The van der Waals surface area contributed by atoms with Gasteiger partial charge in [-0.3, -0.25) is 19.6 Å². The van der Waals surface area contributed by atoms with Crippen LogP contribution in [0.5, 0.6) is 5.75 Å². The minimum Gasteiger partial charge on any atom is -0.505 e. The van der Waals surface area contributed by atoms with Crippen molar-refractivity contribution in [1.82, 2.24) is 35.5 Å². The molecule has 0 radical (unpaired) electrons. The first-order valence-corrected chi connectivity index (χ1v) is 13.1. The third kappa shape index (κ3) is 6.16. The molecule has 1 aromatic carbocycles. The number of aromatic nitrogens is 6. The first kappa shape index (κ1) is 28.4. The third-order valence-electron chi connectivity index (χ3n) is 5.50. The van der Waals surface area contributed by atoms with Gasteiger partial charge in [-0.1, -0.05) is 0 Å². The number of phenolic OH excluding ortho intramolecular Hbond substituents is 1. The summed E-state index contributed by atoms with van der Waals surface area (Å²) >= 11 is 0. The second-order valence-corrected chi connectivity index (χ2v) is 10.2. The number of nitrogens with zero attached hydrogens (tertiary/aromatic N) is 5. The lowest BCUT2D eigenvalue weighted by molar-refractivity contribution is -0.127. The van der Waals surface area contributed by atoms with Crippen molar-refractivity contribution in [2.75, 3.05) is 22.8 Å². The summed E-state index contributed by atoms with van der Waals surface area (Å²) in [6.07, 6.45) is -3.67. The molecule has 1 amide bonds. The van der Waals surface area contributed by atoms with Crippen LogP contribution < -0.4 is 15.4 Å². The number of carbonyl (C=O) groups excluding carboxylic acids is 1. The fourth-order valence-electron chi connectivity index (χ4n) is 3.61. The number of H-pyrrole nitrogens is 1. The molecule has 0 atom stereocenters. The molecule has 40 heavy (non-hydrogen) atoms. The normalized spacial score (nSPS) is 11.9. The van der Waals surface area contributed by atoms with Crippen LogP contribution in [0, 0.1) is 5.82 Å². The predicted octanol–water partition coefficient (Wildman–Crippen LogP) is 2.49. The Hall–Kier alpha value is -4.61. The number of hydrogen-bond acceptors (Lipinski definition) is 10. The fraction of sp³-hybridized carbons (Fsp3) is 0.273. The monoisotopic (exact) mass is 583 g/mol. The summed E-state index contributed by atoms with van der Waals surface area (Å²) in [5.41, 5.74) is -1.01. The minimum absolute atomic E-state index is 0.0410. The van der Waals surface area contributed by atoms with Gasteiger partial charge in [-0.15, -0.1) is 0 Å². The summed E-state index contributed by atoms with van der Waals surface area (Å²) in [6, 6.07) is 1.29. The number of amides is 1. The maximum absolute atomic E-state index is 14.3. The lowest BCUT2D eigenvalue weighted by Gasteiger charge is -2.14. The van der Waals surface area contributed by atoms with Gasteiger partial charge in [-0.2, -0.15) is 18.3 Å². The summed E-state index contributed by atoms with van der Waals surface area (Å²) in [6.45, 7) is 1.20. The number of hydrogen-bond donors (Lipinski definition) is 5. The Morgan fingerprint density at radius 1 is 1.12 bits per heavy atom. The van der Waals surface area contributed by atoms with Crippen LogP contribution in [-0.4, -0.2) is 68.5 Å². The van der Waals surface area contributed by atoms with E-state index in [1.54, 1.807) is 0 Å². The van der Waals surface area contributed by atoms with E-state index in [-0.39, 0.29) is 51.9 Å². The summed E-state index contributed by atoms with van der Waals surface area (Å²) in [4.78, 5) is 28.9. The van der Waals surface area contributed by atoms with Crippen molar-refractivity contribution in [3.63, 3.8) is 0 Å². The van der Waals surface area contributed by atoms with Crippen LogP contribution >= 0.6 is 0 Å². The van der Waals surface area contributed by atoms with Crippen molar-refractivity contribution in [3.8, 4) is 17.1 Å². The second kappa shape index (κ2) is 10.9. The first-order chi connectivity index (χ1) is 18.8. The first-order valence-electron chi connectivity index (χ1n) is 11.4. The highest BCUT2D eigenvalue weighted by Gasteiger charge is 2.31. The molecular formula is C22H21F4N9O4S. The molecule has 0 aliphatic rings. The molecule has 0 spiro atoms. The molecule has 4 aromatic rings. The Bertz CT molecular complexity index is 1690. The topological polar surface area (TPSA) is 188 Å². The van der Waals surface area contributed by atoms with Crippen LogP contribution in [0.25, 0.3) is 22.4 Å². The lowest BCUT2D eigenvalue weighted by Crippen LogP contribution is -2.19. The Kier molecular flexibility index (Phi) is 7.72. The molecule has 0 aliphatic heterocycles. The van der Waals surface area contributed by atoms with Gasteiger partial charge in [0.1, 0.15) is 17.2 Å². The van der Waals surface area contributed by atoms with E-state index in [1.165, 1.54) is 26.4 Å². The average molecular weight is 584 g/mol. The molecule has 212 valence electrons. The van der Waals surface area contributed by atoms with Gasteiger partial charge in [0.25, 0.3) is 5.91 Å². The van der Waals surface area contributed by atoms with Crippen molar-refractivity contribution >= 4 is 38.6 Å². The predicted molar refractivity (Wildman–Crippen MR) is 134 cm³/mol. The molecule has 3 aromatic heterocycles. The van der Waals surface area contributed by atoms with Gasteiger partial charge in [0.2, 0.25) is 10.0 Å². The molecule has 3 heterocycles. The van der Waals surface area contributed by atoms with Crippen molar-refractivity contribution in [2.45, 2.75) is 26.1 Å². The highest BCUT2D eigenvalue weighted by molar-refractivity contribution is 7.92. The van der Waals surface area contributed by atoms with Gasteiger partial charge in [0, 0.05) is 25.0 Å². The quantitative estimate of drug-likeness (QED) is 0.183. The number of phenols is 1. The highest BCUT2D eigenvalue weighted by atomic mass is 32.2. The van der Waals surface area contributed by atoms with Crippen LogP contribution in [0.15, 0.2) is 24.5 Å². The summed E-state index contributed by atoms with van der Waals surface area (Å²) in [7, 11) is -2.36. The Labute approximate surface area is 223 Å². The maximum Gasteiger partial charge on any atom is 0.393 e. The molecule has 0 saturated heterocycles. The number of nitrogens with one attached hydrogen (secondary N) is 4. The van der Waals surface area contributed by atoms with E-state index in [2.05, 4.69) is 45.5 Å². The third-order valence-corrected chi connectivity index (χ3v) is 6.77. The Morgan fingerprint density at radius 2 is 1.85 bits per heavy atom. The zero-order valence-corrected chi connectivity index (χ0v) is 21.6. The van der Waals surface area contributed by atoms with E-state index in [0.717, 1.165) is 0 Å². The van der Waals surface area contributed by atoms with Crippen LogP contribution in [0.2, 0.25) is 0 Å². The van der Waals surface area contributed by atoms with E-state index in [0.29, 0.717) is 12.1 Å². The molecule has 5 N–H and O–H groups in total. The van der Waals surface area contributed by atoms with Crippen LogP contribution in [-0.2, 0) is 23.0 Å². The summed E-state index contributed by atoms with van der Waals surface area (Å²) < 4.78 is 80.5. The smallest absolute Gasteiger partial charge is 0.393 e. The number of alkyl halides is 3. The largest absolute Gasteiger partial charge is 0.505 e. The van der Waals surface area contributed by atoms with Gasteiger partial charge < -0.3 is 15.7 Å². The number of sulfonamides is 1. The molecule has 0 aliphatic carbocycles. The average Bonchev–Trinajstić information content (AvgIpc) is 3.33. The SMILES string of the molecule is CCS(=O)(=O)Nc1nccnc1CNc1nc(-c2cc(F)c(O)cc2CC(F)(F)F)nc2n[nH]c(C(=O)NC)c12. The van der Waals surface area contributed by atoms with E-state index in [1.807, 2.05) is 0 Å². The number of rotatable bonds is 9. The Morgan fingerprint density at radius 3 is 2.52 bits per heavy atom. The molecular weight excluding hydrogens is 562 g/mol.